The van der Waals surface area contributed by atoms with Crippen LogP contribution in [0.3, 0.4) is 0 Å². The molecule has 4 aliphatic heterocycles. The molecule has 4 heterocycles. The minimum absolute atomic E-state index is 0.0305. The van der Waals surface area contributed by atoms with Gasteiger partial charge in [0.1, 0.15) is 34.7 Å². The molecule has 318 valence electrons. The van der Waals surface area contributed by atoms with Gasteiger partial charge in [-0.25, -0.2) is 0 Å². The highest BCUT2D eigenvalue weighted by atomic mass is 16.7. The van der Waals surface area contributed by atoms with Crippen LogP contribution in [0.15, 0.2) is 36.1 Å². The van der Waals surface area contributed by atoms with Gasteiger partial charge in [-0.2, -0.15) is 0 Å². The quantitative estimate of drug-likeness (QED) is 0.127. The number of carbonyl (C=O) groups is 3. The van der Waals surface area contributed by atoms with Crippen molar-refractivity contribution >= 4 is 39.8 Å². The molecule has 15 heteroatoms. The maximum absolute atomic E-state index is 14.5. The van der Waals surface area contributed by atoms with Gasteiger partial charge in [0.05, 0.1) is 41.6 Å². The van der Waals surface area contributed by atoms with E-state index in [1.54, 1.807) is 51.8 Å². The molecule has 15 nitrogen and oxygen atoms in total. The smallest absolute Gasteiger partial charge is 0.312 e. The first kappa shape index (κ1) is 44.3. The topological polar surface area (TPSA) is 214 Å². The Balaban J connectivity index is 1.71. The van der Waals surface area contributed by atoms with Crippen molar-refractivity contribution in [1.82, 2.24) is 0 Å². The predicted octanol–water partition coefficient (Wildman–Crippen LogP) is 5.37. The third kappa shape index (κ3) is 8.35. The van der Waals surface area contributed by atoms with E-state index < -0.39 is 88.8 Å². The van der Waals surface area contributed by atoms with Crippen LogP contribution in [0.4, 0.5) is 11.4 Å². The lowest BCUT2D eigenvalue weighted by Gasteiger charge is -2.38. The number of methoxy groups -OCH3 is 1. The van der Waals surface area contributed by atoms with Crippen molar-refractivity contribution in [1.29, 1.82) is 0 Å². The van der Waals surface area contributed by atoms with E-state index in [2.05, 4.69) is 5.32 Å². The van der Waals surface area contributed by atoms with Crippen LogP contribution in [-0.2, 0) is 28.5 Å². The van der Waals surface area contributed by atoms with Crippen LogP contribution in [-0.4, -0.2) is 107 Å². The van der Waals surface area contributed by atoms with Gasteiger partial charge in [0.15, 0.2) is 5.75 Å². The molecule has 0 saturated carbocycles. The first-order chi connectivity index (χ1) is 27.2. The molecule has 58 heavy (non-hydrogen) atoms. The number of aliphatic hydroxyl groups is 2. The Morgan fingerprint density at radius 3 is 2.29 bits per heavy atom. The summed E-state index contributed by atoms with van der Waals surface area (Å²) in [5, 5.41) is 60.8. The fourth-order valence-corrected chi connectivity index (χ4v) is 8.26. The fraction of sp³-hybridized carbons (Fsp3) is 0.558. The van der Waals surface area contributed by atoms with Gasteiger partial charge in [-0.15, -0.1) is 0 Å². The predicted molar refractivity (Wildman–Crippen MR) is 216 cm³/mol. The number of fused-ring (bicyclic) bond motifs is 14. The number of aromatic hydroxyl groups is 3. The Kier molecular flexibility index (Phi) is 13.4. The van der Waals surface area contributed by atoms with Gasteiger partial charge in [-0.3, -0.25) is 14.4 Å². The molecule has 10 unspecified atom stereocenters. The van der Waals surface area contributed by atoms with E-state index in [9.17, 15) is 39.9 Å². The number of esters is 1. The largest absolute Gasteiger partial charge is 0.507 e. The van der Waals surface area contributed by atoms with Gasteiger partial charge in [0.25, 0.3) is 11.7 Å². The van der Waals surface area contributed by atoms with E-state index >= 15 is 0 Å². The van der Waals surface area contributed by atoms with Gasteiger partial charge in [-0.1, -0.05) is 45.9 Å². The summed E-state index contributed by atoms with van der Waals surface area (Å²) in [5.74, 6) is -8.17. The highest BCUT2D eigenvalue weighted by Crippen LogP contribution is 2.57. The average molecular weight is 811 g/mol. The molecule has 1 amide bonds. The lowest BCUT2D eigenvalue weighted by atomic mass is 9.78. The lowest BCUT2D eigenvalue weighted by molar-refractivity contribution is -0.160. The number of Topliss-reactive ketones (excluding diaryl/α,β-unsaturated/α-hetero) is 1. The third-order valence-corrected chi connectivity index (χ3v) is 11.9. The summed E-state index contributed by atoms with van der Waals surface area (Å²) < 4.78 is 29.5. The molecule has 5 bridgehead atoms. The summed E-state index contributed by atoms with van der Waals surface area (Å²) in [6.07, 6.45) is 4.97. The second kappa shape index (κ2) is 17.6. The minimum atomic E-state index is -2.03. The van der Waals surface area contributed by atoms with E-state index in [0.717, 1.165) is 12.8 Å². The van der Waals surface area contributed by atoms with Crippen LogP contribution in [0.1, 0.15) is 77.2 Å². The average Bonchev–Trinajstić information content (AvgIpc) is 3.79. The number of hydrogen-bond acceptors (Lipinski definition) is 14. The molecule has 2 aromatic carbocycles. The fourth-order valence-electron chi connectivity index (χ4n) is 8.26. The molecule has 4 aliphatic rings. The second-order valence-electron chi connectivity index (χ2n) is 16.1. The van der Waals surface area contributed by atoms with E-state index in [1.807, 2.05) is 0 Å². The Labute approximate surface area is 338 Å². The maximum atomic E-state index is 14.5. The molecule has 10 atom stereocenters. The van der Waals surface area contributed by atoms with Crippen molar-refractivity contribution in [2.24, 2.45) is 23.7 Å². The number of carbonyl (C=O) groups excluding carboxylic acids is 3. The summed E-state index contributed by atoms with van der Waals surface area (Å²) in [4.78, 5) is 42.2. The van der Waals surface area contributed by atoms with Crippen LogP contribution in [0.25, 0.3) is 10.8 Å². The highest BCUT2D eigenvalue weighted by Gasteiger charge is 2.50. The van der Waals surface area contributed by atoms with Crippen LogP contribution in [0, 0.1) is 30.6 Å². The first-order valence-corrected chi connectivity index (χ1v) is 19.7. The van der Waals surface area contributed by atoms with Gasteiger partial charge in [-0.05, 0) is 32.8 Å². The van der Waals surface area contributed by atoms with Gasteiger partial charge in [0.2, 0.25) is 0 Å². The lowest BCUT2D eigenvalue weighted by Crippen LogP contribution is -2.46. The summed E-state index contributed by atoms with van der Waals surface area (Å²) in [6.45, 7) is 13.4. The Bertz CT molecular complexity index is 2000. The van der Waals surface area contributed by atoms with Crippen molar-refractivity contribution in [2.45, 2.75) is 105 Å². The first-order valence-electron chi connectivity index (χ1n) is 19.7. The Hall–Kier alpha value is -4.83. The zero-order valence-electron chi connectivity index (χ0n) is 34.9. The minimum Gasteiger partial charge on any atom is -0.507 e. The van der Waals surface area contributed by atoms with E-state index in [1.165, 1.54) is 53.2 Å². The SMILES string of the molecule is COC1/C=C/OC2(C)Oc3c(C)c(O)c4c(O)c(c(N(C)CC5CCCO5)c(O)c4c3C2=O)NC(=O)/C(C)=C/C=C/C(C)C(O)C(C)C(O)C(C)C(OC(C)=O)C1C. The van der Waals surface area contributed by atoms with Crippen LogP contribution in [0.5, 0.6) is 23.0 Å². The Morgan fingerprint density at radius 1 is 0.983 bits per heavy atom. The van der Waals surface area contributed by atoms with Crippen LogP contribution in [0.2, 0.25) is 0 Å². The summed E-state index contributed by atoms with van der Waals surface area (Å²) in [5.41, 5.74) is -0.147. The number of benzene rings is 2. The highest BCUT2D eigenvalue weighted by molar-refractivity contribution is 6.23. The van der Waals surface area contributed by atoms with Crippen LogP contribution >= 0.6 is 0 Å². The van der Waals surface area contributed by atoms with Crippen LogP contribution < -0.4 is 15.0 Å². The van der Waals surface area contributed by atoms with Crippen molar-refractivity contribution < 1.29 is 63.6 Å². The molecule has 1 saturated heterocycles. The van der Waals surface area contributed by atoms with Crippen molar-refractivity contribution in [2.75, 3.05) is 37.5 Å². The van der Waals surface area contributed by atoms with E-state index in [-0.39, 0.29) is 57.2 Å². The number of allylic oxidation sites excluding steroid dienone is 2. The molecular weight excluding hydrogens is 752 g/mol. The number of anilines is 2. The molecule has 6 N–H and O–H groups in total. The molecule has 6 rings (SSSR count). The van der Waals surface area contributed by atoms with E-state index in [0.29, 0.717) is 6.61 Å². The summed E-state index contributed by atoms with van der Waals surface area (Å²) >= 11 is 0. The summed E-state index contributed by atoms with van der Waals surface area (Å²) in [6, 6.07) is 0. The number of hydrogen-bond donors (Lipinski definition) is 6. The van der Waals surface area contributed by atoms with Crippen molar-refractivity contribution in [3.05, 3.63) is 47.3 Å². The zero-order valence-corrected chi connectivity index (χ0v) is 34.9. The van der Waals surface area contributed by atoms with E-state index in [4.69, 9.17) is 23.7 Å². The van der Waals surface area contributed by atoms with Crippen molar-refractivity contribution in [3.63, 3.8) is 0 Å². The molecule has 0 radical (unpaired) electrons. The third-order valence-electron chi connectivity index (χ3n) is 11.9. The normalized spacial score (nSPS) is 32.9. The standard InChI is InChI=1S/C43H58N2O13/c1-20-13-11-14-21(2)42(53)44-32-33(45(9)19-27-15-12-17-55-27)38(51)29-30(37(32)50)36(49)25(6)40-31(29)41(52)43(8,58-40)56-18-16-28(54-10)22(3)39(57-26(7)46)24(5)35(48)23(4)34(20)47/h11,13-14,16,18,20,22-24,27-28,34-35,39,47-51H,12,15,17,19H2,1-10H3,(H,44,53)/b13-11+,18-16+,21-14+. The van der Waals surface area contributed by atoms with Gasteiger partial charge >= 0.3 is 11.8 Å². The molecule has 0 aliphatic carbocycles. The number of phenols is 3. The number of aliphatic hydroxyl groups excluding tert-OH is 2. The summed E-state index contributed by atoms with van der Waals surface area (Å²) in [7, 11) is 3.09. The number of phenolic OH excluding ortho intramolecular Hbond substituents is 3. The molecule has 1 fully saturated rings. The number of ether oxygens (including phenoxy) is 5. The zero-order chi connectivity index (χ0) is 43.0. The maximum Gasteiger partial charge on any atom is 0.312 e. The van der Waals surface area contributed by atoms with Gasteiger partial charge < -0.3 is 59.4 Å². The number of amides is 1. The second-order valence-corrected chi connectivity index (χ2v) is 16.1. The molecule has 2 aromatic rings. The van der Waals surface area contributed by atoms with Crippen molar-refractivity contribution in [3.8, 4) is 23.0 Å². The number of nitrogens with one attached hydrogen (secondary N) is 1. The molecular formula is C43H58N2O13. The molecule has 0 spiro atoms. The number of rotatable bonds is 5. The Morgan fingerprint density at radius 2 is 1.67 bits per heavy atom. The number of likely N-dealkylation sites (N-methyl/N-ethyl adjacent to an activating group) is 1. The molecule has 0 aromatic heterocycles. The van der Waals surface area contributed by atoms with Gasteiger partial charge in [0, 0.05) is 81.4 Å². The monoisotopic (exact) mass is 810 g/mol. The number of ketones is 1. The number of nitrogens with zero attached hydrogens (tertiary/aromatic N) is 1.